The van der Waals surface area contributed by atoms with E-state index in [1.165, 1.54) is 6.08 Å². The molecule has 100 valence electrons. The summed E-state index contributed by atoms with van der Waals surface area (Å²) in [5.41, 5.74) is 5.60. The van der Waals surface area contributed by atoms with E-state index >= 15 is 0 Å². The van der Waals surface area contributed by atoms with E-state index in [2.05, 4.69) is 0 Å². The van der Waals surface area contributed by atoms with E-state index in [1.54, 1.807) is 36.4 Å². The van der Waals surface area contributed by atoms with Crippen LogP contribution in [0.1, 0.15) is 5.76 Å². The Morgan fingerprint density at radius 1 is 1.25 bits per heavy atom. The molecule has 6 heteroatoms. The first-order valence-electron chi connectivity index (χ1n) is 5.48. The topological polar surface area (TPSA) is 80.0 Å². The highest BCUT2D eigenvalue weighted by Crippen LogP contribution is 2.29. The second-order valence-corrected chi connectivity index (χ2v) is 4.68. The summed E-state index contributed by atoms with van der Waals surface area (Å²) >= 11 is 11.8. The van der Waals surface area contributed by atoms with Gasteiger partial charge in [-0.25, -0.2) is 0 Å². The highest BCUT2D eigenvalue weighted by atomic mass is 35.5. The van der Waals surface area contributed by atoms with Crippen molar-refractivity contribution in [3.05, 3.63) is 51.7 Å². The van der Waals surface area contributed by atoms with Crippen LogP contribution in [0.15, 0.2) is 40.3 Å². The SMILES string of the molecule is N#CC(=Cc1ccc(-c2ccc(Cl)c(Cl)c2)o1)C(N)=O. The van der Waals surface area contributed by atoms with E-state index in [1.807, 2.05) is 0 Å². The minimum Gasteiger partial charge on any atom is -0.457 e. The lowest BCUT2D eigenvalue weighted by Gasteiger charge is -1.99. The fourth-order valence-electron chi connectivity index (χ4n) is 1.54. The van der Waals surface area contributed by atoms with Crippen molar-refractivity contribution in [2.75, 3.05) is 0 Å². The molecule has 2 N–H and O–H groups in total. The van der Waals surface area contributed by atoms with Crippen LogP contribution >= 0.6 is 23.2 Å². The van der Waals surface area contributed by atoms with Crippen molar-refractivity contribution in [3.8, 4) is 17.4 Å². The fraction of sp³-hybridized carbons (Fsp3) is 0. The molecular weight excluding hydrogens is 299 g/mol. The molecular formula is C14H8Cl2N2O2. The van der Waals surface area contributed by atoms with Gasteiger partial charge in [-0.3, -0.25) is 4.79 Å². The number of benzene rings is 1. The molecule has 2 aromatic rings. The second kappa shape index (κ2) is 5.83. The summed E-state index contributed by atoms with van der Waals surface area (Å²) in [6.07, 6.45) is 1.28. The highest BCUT2D eigenvalue weighted by molar-refractivity contribution is 6.42. The molecule has 1 amide bonds. The Hall–Kier alpha value is -2.22. The Kier molecular flexibility index (Phi) is 4.14. The van der Waals surface area contributed by atoms with Gasteiger partial charge in [0, 0.05) is 11.6 Å². The van der Waals surface area contributed by atoms with Crippen LogP contribution < -0.4 is 5.73 Å². The van der Waals surface area contributed by atoms with Gasteiger partial charge in [0.2, 0.25) is 0 Å². The lowest BCUT2D eigenvalue weighted by molar-refractivity contribution is -0.114. The number of halogens is 2. The minimum atomic E-state index is -0.806. The highest BCUT2D eigenvalue weighted by Gasteiger charge is 2.08. The fourth-order valence-corrected chi connectivity index (χ4v) is 1.83. The Morgan fingerprint density at radius 2 is 2.00 bits per heavy atom. The summed E-state index contributed by atoms with van der Waals surface area (Å²) in [6, 6.07) is 10.1. The maximum Gasteiger partial charge on any atom is 0.259 e. The number of hydrogen-bond acceptors (Lipinski definition) is 3. The molecule has 2 rings (SSSR count). The third-order valence-electron chi connectivity index (χ3n) is 2.50. The van der Waals surface area contributed by atoms with Gasteiger partial charge >= 0.3 is 0 Å². The smallest absolute Gasteiger partial charge is 0.259 e. The molecule has 20 heavy (non-hydrogen) atoms. The Labute approximate surface area is 125 Å². The summed E-state index contributed by atoms with van der Waals surface area (Å²) in [6.45, 7) is 0. The predicted octanol–water partition coefficient (Wildman–Crippen LogP) is 3.65. The number of furan rings is 1. The number of nitriles is 1. The average molecular weight is 307 g/mol. The Bertz CT molecular complexity index is 742. The van der Waals surface area contributed by atoms with Crippen LogP contribution in [-0.2, 0) is 4.79 Å². The lowest BCUT2D eigenvalue weighted by atomic mass is 10.2. The molecule has 0 aliphatic rings. The van der Waals surface area contributed by atoms with Gasteiger partial charge in [-0.05, 0) is 30.3 Å². The van der Waals surface area contributed by atoms with Crippen LogP contribution in [0.5, 0.6) is 0 Å². The number of carbonyl (C=O) groups excluding carboxylic acids is 1. The molecule has 0 aliphatic heterocycles. The molecule has 0 saturated carbocycles. The Morgan fingerprint density at radius 3 is 2.60 bits per heavy atom. The normalized spacial score (nSPS) is 11.2. The first-order valence-corrected chi connectivity index (χ1v) is 6.23. The monoisotopic (exact) mass is 306 g/mol. The predicted molar refractivity (Wildman–Crippen MR) is 76.9 cm³/mol. The summed E-state index contributed by atoms with van der Waals surface area (Å²) in [5.74, 6) is 0.0815. The number of rotatable bonds is 3. The van der Waals surface area contributed by atoms with Crippen molar-refractivity contribution in [3.63, 3.8) is 0 Å². The van der Waals surface area contributed by atoms with Gasteiger partial charge < -0.3 is 10.2 Å². The molecule has 1 aromatic heterocycles. The minimum absolute atomic E-state index is 0.181. The van der Waals surface area contributed by atoms with E-state index in [9.17, 15) is 4.79 Å². The third kappa shape index (κ3) is 3.02. The third-order valence-corrected chi connectivity index (χ3v) is 3.24. The van der Waals surface area contributed by atoms with Gasteiger partial charge in [-0.2, -0.15) is 5.26 Å². The van der Waals surface area contributed by atoms with Crippen molar-refractivity contribution in [2.24, 2.45) is 5.73 Å². The molecule has 0 radical (unpaired) electrons. The molecule has 1 aromatic carbocycles. The standard InChI is InChI=1S/C14H8Cl2N2O2/c15-11-3-1-8(6-12(11)16)13-4-2-10(20-13)5-9(7-17)14(18)19/h1-6H,(H2,18,19). The number of nitrogens with zero attached hydrogens (tertiary/aromatic N) is 1. The lowest BCUT2D eigenvalue weighted by Crippen LogP contribution is -2.12. The molecule has 0 spiro atoms. The van der Waals surface area contributed by atoms with E-state index in [0.29, 0.717) is 21.6 Å². The average Bonchev–Trinajstić information content (AvgIpc) is 2.87. The van der Waals surface area contributed by atoms with Crippen molar-refractivity contribution < 1.29 is 9.21 Å². The van der Waals surface area contributed by atoms with Gasteiger partial charge in [-0.15, -0.1) is 0 Å². The van der Waals surface area contributed by atoms with Crippen LogP contribution in [0.4, 0.5) is 0 Å². The Balaban J connectivity index is 2.36. The van der Waals surface area contributed by atoms with Crippen LogP contribution in [0.2, 0.25) is 10.0 Å². The van der Waals surface area contributed by atoms with Crippen LogP contribution in [0, 0.1) is 11.3 Å². The van der Waals surface area contributed by atoms with E-state index in [4.69, 9.17) is 38.6 Å². The van der Waals surface area contributed by atoms with Crippen LogP contribution in [0.3, 0.4) is 0 Å². The number of amides is 1. The van der Waals surface area contributed by atoms with Crippen molar-refractivity contribution >= 4 is 35.2 Å². The van der Waals surface area contributed by atoms with E-state index < -0.39 is 5.91 Å². The van der Waals surface area contributed by atoms with E-state index in [0.717, 1.165) is 5.56 Å². The summed E-state index contributed by atoms with van der Waals surface area (Å²) < 4.78 is 5.51. The largest absolute Gasteiger partial charge is 0.457 e. The zero-order valence-corrected chi connectivity index (χ0v) is 11.6. The van der Waals surface area contributed by atoms with Gasteiger partial charge in [-0.1, -0.05) is 23.2 Å². The second-order valence-electron chi connectivity index (χ2n) is 3.86. The maximum atomic E-state index is 11.0. The number of carbonyl (C=O) groups is 1. The zero-order valence-electron chi connectivity index (χ0n) is 10.1. The molecule has 0 unspecified atom stereocenters. The first-order chi connectivity index (χ1) is 9.51. The number of nitrogens with two attached hydrogens (primary N) is 1. The van der Waals surface area contributed by atoms with Crippen molar-refractivity contribution in [2.45, 2.75) is 0 Å². The molecule has 0 atom stereocenters. The van der Waals surface area contributed by atoms with Gasteiger partial charge in [0.1, 0.15) is 23.2 Å². The molecule has 1 heterocycles. The quantitative estimate of drug-likeness (QED) is 0.694. The van der Waals surface area contributed by atoms with Gasteiger partial charge in [0.25, 0.3) is 5.91 Å². The van der Waals surface area contributed by atoms with E-state index in [-0.39, 0.29) is 5.57 Å². The van der Waals surface area contributed by atoms with Crippen molar-refractivity contribution in [1.29, 1.82) is 5.26 Å². The van der Waals surface area contributed by atoms with Crippen molar-refractivity contribution in [1.82, 2.24) is 0 Å². The first kappa shape index (κ1) is 14.2. The zero-order chi connectivity index (χ0) is 14.7. The van der Waals surface area contributed by atoms with Gasteiger partial charge in [0.05, 0.1) is 10.0 Å². The van der Waals surface area contributed by atoms with Crippen LogP contribution in [0.25, 0.3) is 17.4 Å². The summed E-state index contributed by atoms with van der Waals surface area (Å²) in [7, 11) is 0. The molecule has 0 fully saturated rings. The summed E-state index contributed by atoms with van der Waals surface area (Å²) in [5, 5.41) is 9.61. The van der Waals surface area contributed by atoms with Gasteiger partial charge in [0.15, 0.2) is 0 Å². The molecule has 0 bridgehead atoms. The summed E-state index contributed by atoms with van der Waals surface area (Å²) in [4.78, 5) is 11.0. The molecule has 4 nitrogen and oxygen atoms in total. The van der Waals surface area contributed by atoms with Crippen LogP contribution in [-0.4, -0.2) is 5.91 Å². The maximum absolute atomic E-state index is 11.0. The number of hydrogen-bond donors (Lipinski definition) is 1. The molecule has 0 aliphatic carbocycles. The number of primary amides is 1. The molecule has 0 saturated heterocycles.